The standard InChI is InChI=1S/C29H26N2O2/c1-21(23-12-6-3-7-13-23)31-28(26-14-8-9-15-27(26)29(31)32)30-24-16-18-25(19-17-24)33-20-22-10-4-2-5-11-22/h2-19,21,28,30H,20H2,1H3/t21-,28-/m0/s1. The first-order valence-electron chi connectivity index (χ1n) is 11.2. The Hall–Kier alpha value is -4.05. The average molecular weight is 435 g/mol. The second-order valence-electron chi connectivity index (χ2n) is 8.23. The molecule has 5 rings (SSSR count). The van der Waals surface area contributed by atoms with Crippen molar-refractivity contribution >= 4 is 11.6 Å². The molecule has 0 radical (unpaired) electrons. The van der Waals surface area contributed by atoms with Crippen molar-refractivity contribution in [3.05, 3.63) is 131 Å². The van der Waals surface area contributed by atoms with Crippen molar-refractivity contribution in [1.82, 2.24) is 4.90 Å². The van der Waals surface area contributed by atoms with Gasteiger partial charge in [-0.05, 0) is 48.4 Å². The predicted octanol–water partition coefficient (Wildman–Crippen LogP) is 6.59. The van der Waals surface area contributed by atoms with E-state index in [-0.39, 0.29) is 18.1 Å². The van der Waals surface area contributed by atoms with Crippen LogP contribution in [0, 0.1) is 0 Å². The van der Waals surface area contributed by atoms with E-state index < -0.39 is 0 Å². The molecular formula is C29H26N2O2. The fourth-order valence-electron chi connectivity index (χ4n) is 4.32. The first-order chi connectivity index (χ1) is 16.2. The van der Waals surface area contributed by atoms with Crippen molar-refractivity contribution in [2.45, 2.75) is 25.7 Å². The SMILES string of the molecule is C[C@@H](c1ccccc1)N1C(=O)c2ccccc2[C@H]1Nc1ccc(OCc2ccccc2)cc1. The minimum absolute atomic E-state index is 0.0438. The molecule has 0 spiro atoms. The van der Waals surface area contributed by atoms with Gasteiger partial charge in [0.15, 0.2) is 0 Å². The molecule has 1 N–H and O–H groups in total. The summed E-state index contributed by atoms with van der Waals surface area (Å²) in [5.74, 6) is 0.851. The molecule has 0 saturated carbocycles. The van der Waals surface area contributed by atoms with Gasteiger partial charge in [0.25, 0.3) is 5.91 Å². The average Bonchev–Trinajstić information content (AvgIpc) is 3.15. The molecule has 4 aromatic rings. The Morgan fingerprint density at radius 1 is 0.818 bits per heavy atom. The summed E-state index contributed by atoms with van der Waals surface area (Å²) in [6.45, 7) is 2.61. The Morgan fingerprint density at radius 2 is 1.45 bits per heavy atom. The summed E-state index contributed by atoms with van der Waals surface area (Å²) in [4.78, 5) is 15.3. The van der Waals surface area contributed by atoms with E-state index in [1.807, 2.05) is 102 Å². The van der Waals surface area contributed by atoms with Gasteiger partial charge in [-0.15, -0.1) is 0 Å². The number of ether oxygens (including phenoxy) is 1. The monoisotopic (exact) mass is 434 g/mol. The zero-order chi connectivity index (χ0) is 22.6. The number of benzene rings is 4. The number of nitrogens with zero attached hydrogens (tertiary/aromatic N) is 1. The molecule has 1 amide bonds. The lowest BCUT2D eigenvalue weighted by Crippen LogP contribution is -2.34. The fourth-order valence-corrected chi connectivity index (χ4v) is 4.32. The summed E-state index contributed by atoms with van der Waals surface area (Å²) in [5, 5.41) is 3.58. The summed E-state index contributed by atoms with van der Waals surface area (Å²) in [5.41, 5.74) is 4.92. The number of nitrogens with one attached hydrogen (secondary N) is 1. The lowest BCUT2D eigenvalue weighted by molar-refractivity contribution is 0.0667. The van der Waals surface area contributed by atoms with Crippen LogP contribution < -0.4 is 10.1 Å². The number of carbonyl (C=O) groups is 1. The number of amides is 1. The van der Waals surface area contributed by atoms with Crippen LogP contribution >= 0.6 is 0 Å². The highest BCUT2D eigenvalue weighted by molar-refractivity contribution is 5.99. The first-order valence-corrected chi connectivity index (χ1v) is 11.2. The Labute approximate surface area is 194 Å². The van der Waals surface area contributed by atoms with Crippen molar-refractivity contribution in [3.8, 4) is 5.75 Å². The molecule has 1 heterocycles. The number of carbonyl (C=O) groups excluding carboxylic acids is 1. The van der Waals surface area contributed by atoms with Gasteiger partial charge in [-0.2, -0.15) is 0 Å². The number of fused-ring (bicyclic) bond motifs is 1. The predicted molar refractivity (Wildman–Crippen MR) is 131 cm³/mol. The molecule has 1 aliphatic rings. The lowest BCUT2D eigenvalue weighted by atomic mass is 10.1. The van der Waals surface area contributed by atoms with Crippen LogP contribution in [0.3, 0.4) is 0 Å². The Bertz CT molecular complexity index is 1220. The second-order valence-corrected chi connectivity index (χ2v) is 8.23. The van der Waals surface area contributed by atoms with Gasteiger partial charge in [0.2, 0.25) is 0 Å². The summed E-state index contributed by atoms with van der Waals surface area (Å²) >= 11 is 0. The maximum absolute atomic E-state index is 13.4. The highest BCUT2D eigenvalue weighted by Gasteiger charge is 2.39. The topological polar surface area (TPSA) is 41.6 Å². The van der Waals surface area contributed by atoms with Crippen molar-refractivity contribution in [2.75, 3.05) is 5.32 Å². The largest absolute Gasteiger partial charge is 0.489 e. The minimum atomic E-state index is -0.250. The van der Waals surface area contributed by atoms with Crippen molar-refractivity contribution in [3.63, 3.8) is 0 Å². The molecule has 33 heavy (non-hydrogen) atoms. The molecule has 4 aromatic carbocycles. The van der Waals surface area contributed by atoms with Crippen LogP contribution in [0.15, 0.2) is 109 Å². The van der Waals surface area contributed by atoms with E-state index in [2.05, 4.69) is 24.4 Å². The molecule has 0 saturated heterocycles. The smallest absolute Gasteiger partial charge is 0.256 e. The molecule has 4 nitrogen and oxygen atoms in total. The van der Waals surface area contributed by atoms with Gasteiger partial charge >= 0.3 is 0 Å². The number of hydrogen-bond donors (Lipinski definition) is 1. The number of hydrogen-bond acceptors (Lipinski definition) is 3. The van der Waals surface area contributed by atoms with Gasteiger partial charge in [0.05, 0.1) is 6.04 Å². The molecule has 2 atom stereocenters. The highest BCUT2D eigenvalue weighted by Crippen LogP contribution is 2.40. The van der Waals surface area contributed by atoms with Gasteiger partial charge < -0.3 is 15.0 Å². The number of anilines is 1. The summed E-state index contributed by atoms with van der Waals surface area (Å²) in [6.07, 6.45) is -0.250. The summed E-state index contributed by atoms with van der Waals surface area (Å²) < 4.78 is 5.92. The molecule has 4 heteroatoms. The first kappa shape index (κ1) is 20.8. The van der Waals surface area contributed by atoms with Crippen LogP contribution in [0.25, 0.3) is 0 Å². The fraction of sp³-hybridized carbons (Fsp3) is 0.138. The second kappa shape index (κ2) is 9.21. The van der Waals surface area contributed by atoms with Crippen LogP contribution in [0.2, 0.25) is 0 Å². The zero-order valence-corrected chi connectivity index (χ0v) is 18.5. The van der Waals surface area contributed by atoms with E-state index in [0.717, 1.165) is 33.7 Å². The third-order valence-corrected chi connectivity index (χ3v) is 6.10. The zero-order valence-electron chi connectivity index (χ0n) is 18.5. The minimum Gasteiger partial charge on any atom is -0.489 e. The molecular weight excluding hydrogens is 408 g/mol. The molecule has 0 bridgehead atoms. The third-order valence-electron chi connectivity index (χ3n) is 6.10. The van der Waals surface area contributed by atoms with E-state index in [1.165, 1.54) is 0 Å². The third kappa shape index (κ3) is 4.33. The van der Waals surface area contributed by atoms with E-state index in [4.69, 9.17) is 4.74 Å². The van der Waals surface area contributed by atoms with Crippen LogP contribution in [-0.2, 0) is 6.61 Å². The molecule has 0 fully saturated rings. The van der Waals surface area contributed by atoms with E-state index in [0.29, 0.717) is 6.61 Å². The molecule has 0 aliphatic carbocycles. The molecule has 164 valence electrons. The van der Waals surface area contributed by atoms with Gasteiger partial charge in [-0.1, -0.05) is 78.9 Å². The van der Waals surface area contributed by atoms with E-state index in [9.17, 15) is 4.79 Å². The number of rotatable bonds is 7. The van der Waals surface area contributed by atoms with Crippen LogP contribution in [0.1, 0.15) is 46.2 Å². The molecule has 0 unspecified atom stereocenters. The van der Waals surface area contributed by atoms with Gasteiger partial charge in [0, 0.05) is 16.8 Å². The quantitative estimate of drug-likeness (QED) is 0.357. The van der Waals surface area contributed by atoms with Crippen LogP contribution in [-0.4, -0.2) is 10.8 Å². The Kier molecular flexibility index (Phi) is 5.81. The lowest BCUT2D eigenvalue weighted by Gasteiger charge is -2.32. The maximum atomic E-state index is 13.4. The Morgan fingerprint density at radius 3 is 2.18 bits per heavy atom. The maximum Gasteiger partial charge on any atom is 0.256 e. The molecule has 0 aromatic heterocycles. The van der Waals surface area contributed by atoms with Crippen molar-refractivity contribution < 1.29 is 9.53 Å². The van der Waals surface area contributed by atoms with Crippen molar-refractivity contribution in [2.24, 2.45) is 0 Å². The van der Waals surface area contributed by atoms with Crippen molar-refractivity contribution in [1.29, 1.82) is 0 Å². The summed E-state index contributed by atoms with van der Waals surface area (Å²) in [6, 6.07) is 35.9. The summed E-state index contributed by atoms with van der Waals surface area (Å²) in [7, 11) is 0. The molecule has 1 aliphatic heterocycles. The van der Waals surface area contributed by atoms with Crippen LogP contribution in [0.4, 0.5) is 5.69 Å². The van der Waals surface area contributed by atoms with Gasteiger partial charge in [-0.3, -0.25) is 4.79 Å². The highest BCUT2D eigenvalue weighted by atomic mass is 16.5. The Balaban J connectivity index is 1.36. The van der Waals surface area contributed by atoms with E-state index >= 15 is 0 Å². The van der Waals surface area contributed by atoms with Crippen LogP contribution in [0.5, 0.6) is 5.75 Å². The normalized spacial score (nSPS) is 15.7. The van der Waals surface area contributed by atoms with Gasteiger partial charge in [0.1, 0.15) is 18.5 Å². The van der Waals surface area contributed by atoms with E-state index in [1.54, 1.807) is 0 Å². The van der Waals surface area contributed by atoms with Gasteiger partial charge in [-0.25, -0.2) is 0 Å².